The van der Waals surface area contributed by atoms with Crippen LogP contribution in [0.15, 0.2) is 36.4 Å². The topological polar surface area (TPSA) is 142 Å². The molecule has 2 amide bonds. The summed E-state index contributed by atoms with van der Waals surface area (Å²) in [6.07, 6.45) is 2.41. The fourth-order valence-corrected chi connectivity index (χ4v) is 7.63. The zero-order valence-electron chi connectivity index (χ0n) is 24.7. The standard InChI is InChI=1S/C29H28F4N10O2S2/c30-28(31)12-42(13-28)20-5-1-3-18(34-20)10-22(44)36-26-40-38-24(46-26)16-7-8-17(9-16)25-39-41-27(47-25)37-23(45)11-19-4-2-6-21(35-19)43-14-29(32,33)15-43/h1-6,16-17H,7-15H2,(H,36,40,44)(H,37,41,45)/t16-,17-/m0/s1. The van der Waals surface area contributed by atoms with Crippen molar-refractivity contribution in [3.05, 3.63) is 57.8 Å². The maximum Gasteiger partial charge on any atom is 0.282 e. The molecule has 2 atom stereocenters. The lowest BCUT2D eigenvalue weighted by atomic mass is 10.1. The zero-order chi connectivity index (χ0) is 32.8. The van der Waals surface area contributed by atoms with Gasteiger partial charge in [0.15, 0.2) is 0 Å². The first-order chi connectivity index (χ1) is 22.5. The van der Waals surface area contributed by atoms with E-state index in [-0.39, 0.29) is 62.7 Å². The molecular formula is C29H28F4N10O2S2. The summed E-state index contributed by atoms with van der Waals surface area (Å²) in [6.45, 7) is -1.54. The molecule has 0 bridgehead atoms. The van der Waals surface area contributed by atoms with Gasteiger partial charge in [-0.2, -0.15) is 0 Å². The molecule has 2 aliphatic heterocycles. The lowest BCUT2D eigenvalue weighted by molar-refractivity contribution is -0.116. The van der Waals surface area contributed by atoms with Crippen LogP contribution in [0, 0.1) is 0 Å². The van der Waals surface area contributed by atoms with E-state index in [1.165, 1.54) is 32.5 Å². The molecule has 0 aromatic carbocycles. The highest BCUT2D eigenvalue weighted by atomic mass is 32.1. The van der Waals surface area contributed by atoms with Gasteiger partial charge >= 0.3 is 0 Å². The zero-order valence-corrected chi connectivity index (χ0v) is 26.3. The summed E-state index contributed by atoms with van der Waals surface area (Å²) in [4.78, 5) is 36.9. The summed E-state index contributed by atoms with van der Waals surface area (Å²) in [7, 11) is 0. The minimum Gasteiger partial charge on any atom is -0.344 e. The van der Waals surface area contributed by atoms with Crippen molar-refractivity contribution in [1.82, 2.24) is 30.4 Å². The number of anilines is 4. The van der Waals surface area contributed by atoms with Gasteiger partial charge in [0.1, 0.15) is 21.7 Å². The van der Waals surface area contributed by atoms with Crippen LogP contribution in [0.25, 0.3) is 0 Å². The van der Waals surface area contributed by atoms with Gasteiger partial charge in [-0.15, -0.1) is 20.4 Å². The van der Waals surface area contributed by atoms with E-state index < -0.39 is 11.8 Å². The van der Waals surface area contributed by atoms with Crippen molar-refractivity contribution in [3.8, 4) is 0 Å². The molecule has 2 saturated heterocycles. The largest absolute Gasteiger partial charge is 0.344 e. The normalized spacial score (nSPS) is 21.2. The Balaban J connectivity index is 0.882. The second kappa shape index (κ2) is 12.4. The van der Waals surface area contributed by atoms with Crippen LogP contribution in [-0.4, -0.2) is 80.2 Å². The Morgan fingerprint density at radius 3 is 1.53 bits per heavy atom. The van der Waals surface area contributed by atoms with E-state index in [0.717, 1.165) is 29.3 Å². The predicted molar refractivity (Wildman–Crippen MR) is 167 cm³/mol. The monoisotopic (exact) mass is 688 g/mol. The summed E-state index contributed by atoms with van der Waals surface area (Å²) in [5.41, 5.74) is 0.933. The second-order valence-electron chi connectivity index (χ2n) is 11.9. The number of rotatable bonds is 10. The fourth-order valence-electron chi connectivity index (χ4n) is 5.82. The van der Waals surface area contributed by atoms with Crippen molar-refractivity contribution in [2.24, 2.45) is 0 Å². The van der Waals surface area contributed by atoms with Crippen molar-refractivity contribution in [1.29, 1.82) is 0 Å². The first-order valence-corrected chi connectivity index (χ1v) is 16.5. The number of pyridine rings is 2. The lowest BCUT2D eigenvalue weighted by Crippen LogP contribution is -2.56. The number of amides is 2. The minimum absolute atomic E-state index is 0.0304. The van der Waals surface area contributed by atoms with Crippen molar-refractivity contribution in [2.45, 2.75) is 55.8 Å². The predicted octanol–water partition coefficient (Wildman–Crippen LogP) is 4.50. The Bertz CT molecular complexity index is 1660. The summed E-state index contributed by atoms with van der Waals surface area (Å²) in [5, 5.41) is 24.7. The molecule has 0 radical (unpaired) electrons. The number of alkyl halides is 4. The van der Waals surface area contributed by atoms with Crippen LogP contribution in [-0.2, 0) is 22.4 Å². The van der Waals surface area contributed by atoms with Crippen LogP contribution in [0.1, 0.15) is 52.5 Å². The van der Waals surface area contributed by atoms with E-state index in [9.17, 15) is 27.2 Å². The number of hydrogen-bond donors (Lipinski definition) is 2. The fraction of sp³-hybridized carbons (Fsp3) is 0.448. The number of nitrogens with one attached hydrogen (secondary N) is 2. The molecule has 47 heavy (non-hydrogen) atoms. The maximum absolute atomic E-state index is 13.2. The number of aromatic nitrogens is 6. The maximum atomic E-state index is 13.2. The van der Waals surface area contributed by atoms with Crippen LogP contribution >= 0.6 is 22.7 Å². The van der Waals surface area contributed by atoms with Gasteiger partial charge in [0, 0.05) is 11.8 Å². The van der Waals surface area contributed by atoms with Crippen molar-refractivity contribution >= 4 is 56.4 Å². The Kier molecular flexibility index (Phi) is 8.23. The van der Waals surface area contributed by atoms with Gasteiger partial charge in [-0.25, -0.2) is 27.5 Å². The number of carbonyl (C=O) groups excluding carboxylic acids is 2. The third kappa shape index (κ3) is 7.32. The molecular weight excluding hydrogens is 661 g/mol. The second-order valence-corrected chi connectivity index (χ2v) is 14.0. The smallest absolute Gasteiger partial charge is 0.282 e. The van der Waals surface area contributed by atoms with Gasteiger partial charge in [-0.3, -0.25) is 9.59 Å². The number of halogens is 4. The molecule has 7 rings (SSSR count). The molecule has 2 N–H and O–H groups in total. The van der Waals surface area contributed by atoms with Crippen molar-refractivity contribution in [3.63, 3.8) is 0 Å². The van der Waals surface area contributed by atoms with E-state index >= 15 is 0 Å². The van der Waals surface area contributed by atoms with Gasteiger partial charge in [0.25, 0.3) is 11.8 Å². The summed E-state index contributed by atoms with van der Waals surface area (Å²) >= 11 is 2.61. The van der Waals surface area contributed by atoms with E-state index in [1.807, 2.05) is 0 Å². The third-order valence-electron chi connectivity index (χ3n) is 8.11. The number of hydrogen-bond acceptors (Lipinski definition) is 12. The van der Waals surface area contributed by atoms with Crippen LogP contribution in [0.2, 0.25) is 0 Å². The Hall–Kier alpha value is -4.32. The van der Waals surface area contributed by atoms with Crippen molar-refractivity contribution < 1.29 is 27.2 Å². The van der Waals surface area contributed by atoms with Gasteiger partial charge in [-0.05, 0) is 43.5 Å². The first-order valence-electron chi connectivity index (χ1n) is 14.9. The molecule has 3 aliphatic rings. The summed E-state index contributed by atoms with van der Waals surface area (Å²) in [5.74, 6) is -4.99. The van der Waals surface area contributed by atoms with Gasteiger partial charge < -0.3 is 20.4 Å². The first kappa shape index (κ1) is 31.3. The number of carbonyl (C=O) groups is 2. The van der Waals surface area contributed by atoms with Crippen LogP contribution in [0.4, 0.5) is 39.5 Å². The third-order valence-corrected chi connectivity index (χ3v) is 10.1. The molecule has 0 spiro atoms. The van der Waals surface area contributed by atoms with Crippen LogP contribution in [0.5, 0.6) is 0 Å². The molecule has 4 aromatic rings. The highest BCUT2D eigenvalue weighted by Crippen LogP contribution is 2.45. The van der Waals surface area contributed by atoms with Crippen molar-refractivity contribution in [2.75, 3.05) is 46.6 Å². The lowest BCUT2D eigenvalue weighted by Gasteiger charge is -2.39. The molecule has 1 aliphatic carbocycles. The van der Waals surface area contributed by atoms with Gasteiger partial charge in [0.05, 0.1) is 50.4 Å². The Labute approximate surface area is 273 Å². The molecule has 12 nitrogen and oxygen atoms in total. The van der Waals surface area contributed by atoms with Crippen LogP contribution in [0.3, 0.4) is 0 Å². The summed E-state index contributed by atoms with van der Waals surface area (Å²) < 4.78 is 52.9. The minimum atomic E-state index is -2.71. The average molecular weight is 689 g/mol. The number of nitrogens with zero attached hydrogens (tertiary/aromatic N) is 8. The highest BCUT2D eigenvalue weighted by molar-refractivity contribution is 7.15. The van der Waals surface area contributed by atoms with Gasteiger partial charge in [-0.1, -0.05) is 34.8 Å². The molecule has 18 heteroatoms. The molecule has 246 valence electrons. The summed E-state index contributed by atoms with van der Waals surface area (Å²) in [6, 6.07) is 10.0. The molecule has 1 saturated carbocycles. The Morgan fingerprint density at radius 1 is 0.702 bits per heavy atom. The van der Waals surface area contributed by atoms with E-state index in [4.69, 9.17) is 0 Å². The highest BCUT2D eigenvalue weighted by Gasteiger charge is 2.45. The molecule has 0 unspecified atom stereocenters. The SMILES string of the molecule is O=C(Cc1cccc(N2CC(F)(F)C2)n1)Nc1nnc([C@H]2CC[C@H](c3nnc(NC(=O)Cc4cccc(N5CC(F)(F)C5)n4)s3)C2)s1. The quantitative estimate of drug-likeness (QED) is 0.229. The van der Waals surface area contributed by atoms with Crippen LogP contribution < -0.4 is 20.4 Å². The van der Waals surface area contributed by atoms with E-state index in [0.29, 0.717) is 33.3 Å². The van der Waals surface area contributed by atoms with Gasteiger partial charge in [0.2, 0.25) is 22.1 Å². The molecule has 4 aromatic heterocycles. The van der Waals surface area contributed by atoms with E-state index in [2.05, 4.69) is 41.0 Å². The van der Waals surface area contributed by atoms with E-state index in [1.54, 1.807) is 36.4 Å². The molecule has 3 fully saturated rings. The molecule has 6 heterocycles. The average Bonchev–Trinajstić information content (AvgIpc) is 3.76. The Morgan fingerprint density at radius 2 is 1.13 bits per heavy atom.